The fourth-order valence-electron chi connectivity index (χ4n) is 6.08. The van der Waals surface area contributed by atoms with Crippen LogP contribution in [-0.2, 0) is 34.3 Å². The van der Waals surface area contributed by atoms with E-state index in [0.717, 1.165) is 62.6 Å². The fraction of sp³-hybridized carbons (Fsp3) is 0.389. The second-order valence-electron chi connectivity index (χ2n) is 12.1. The smallest absolute Gasteiger partial charge is 0.354 e. The summed E-state index contributed by atoms with van der Waals surface area (Å²) >= 11 is 0. The summed E-state index contributed by atoms with van der Waals surface area (Å²) in [6.45, 7) is 7.95. The van der Waals surface area contributed by atoms with E-state index in [9.17, 15) is 23.1 Å². The number of rotatable bonds is 15. The van der Waals surface area contributed by atoms with Crippen molar-refractivity contribution in [3.8, 4) is 11.1 Å². The number of sulfonamides is 1. The highest BCUT2D eigenvalue weighted by Crippen LogP contribution is 2.28. The number of carboxylic acids is 1. The van der Waals surface area contributed by atoms with Crippen LogP contribution in [0.15, 0.2) is 77.8 Å². The molecule has 0 aliphatic carbocycles. The Morgan fingerprint density at radius 1 is 0.875 bits per heavy atom. The van der Waals surface area contributed by atoms with Gasteiger partial charge in [-0.2, -0.15) is 0 Å². The molecule has 1 saturated heterocycles. The number of aromatic nitrogens is 3. The Labute approximate surface area is 282 Å². The number of piperazine rings is 1. The summed E-state index contributed by atoms with van der Waals surface area (Å²) in [5.41, 5.74) is 2.76. The number of aryl methyl sites for hydroxylation is 1. The van der Waals surface area contributed by atoms with Crippen LogP contribution in [0.25, 0.3) is 11.1 Å². The minimum atomic E-state index is -4.08. The minimum absolute atomic E-state index is 0.0279. The summed E-state index contributed by atoms with van der Waals surface area (Å²) in [5, 5.41) is 10.4. The van der Waals surface area contributed by atoms with Crippen molar-refractivity contribution in [3.63, 3.8) is 0 Å². The third-order valence-electron chi connectivity index (χ3n) is 8.55. The van der Waals surface area contributed by atoms with Crippen molar-refractivity contribution < 1.29 is 23.1 Å². The van der Waals surface area contributed by atoms with Gasteiger partial charge in [-0.1, -0.05) is 75.2 Å². The molecule has 2 aromatic carbocycles. The van der Waals surface area contributed by atoms with Gasteiger partial charge in [-0.3, -0.25) is 9.69 Å². The normalized spacial score (nSPS) is 13.8. The number of anilines is 1. The zero-order valence-electron chi connectivity index (χ0n) is 27.6. The van der Waals surface area contributed by atoms with Crippen LogP contribution in [0.3, 0.4) is 0 Å². The van der Waals surface area contributed by atoms with Crippen LogP contribution in [0.5, 0.6) is 0 Å². The summed E-state index contributed by atoms with van der Waals surface area (Å²) in [6, 6.07) is 19.9. The number of carboxylic acid groups (broad SMARTS) is 1. The van der Waals surface area contributed by atoms with Gasteiger partial charge in [0, 0.05) is 63.9 Å². The summed E-state index contributed by atoms with van der Waals surface area (Å²) in [6.07, 6.45) is 5.82. The van der Waals surface area contributed by atoms with E-state index < -0.39 is 21.9 Å². The van der Waals surface area contributed by atoms with Crippen LogP contribution in [0, 0.1) is 0 Å². The van der Waals surface area contributed by atoms with Gasteiger partial charge in [0.15, 0.2) is 5.69 Å². The molecule has 12 heteroatoms. The second kappa shape index (κ2) is 16.0. The summed E-state index contributed by atoms with van der Waals surface area (Å²) in [5.74, 6) is 0.141. The summed E-state index contributed by atoms with van der Waals surface area (Å²) in [4.78, 5) is 38.8. The highest BCUT2D eigenvalue weighted by Gasteiger charge is 2.26. The number of unbranched alkanes of at least 4 members (excludes halogenated alkanes) is 2. The predicted molar refractivity (Wildman–Crippen MR) is 185 cm³/mol. The van der Waals surface area contributed by atoms with Crippen molar-refractivity contribution in [2.75, 3.05) is 31.1 Å². The molecule has 1 aliphatic rings. The van der Waals surface area contributed by atoms with Gasteiger partial charge < -0.3 is 14.6 Å². The SMILES string of the molecule is CCCCCC(=O)NS(=O)(=O)c1ccccc1-c1ccc(Cn2c(CCC)nc(CN3CCN(c4ccccn4)CC3)c2C(=O)O)cc1. The Morgan fingerprint density at radius 2 is 1.60 bits per heavy atom. The average Bonchev–Trinajstić information content (AvgIpc) is 3.41. The highest BCUT2D eigenvalue weighted by molar-refractivity contribution is 7.90. The van der Waals surface area contributed by atoms with E-state index in [2.05, 4.69) is 19.5 Å². The van der Waals surface area contributed by atoms with Gasteiger partial charge in [0.2, 0.25) is 5.91 Å². The van der Waals surface area contributed by atoms with Gasteiger partial charge >= 0.3 is 5.97 Å². The first-order chi connectivity index (χ1) is 23.2. The maximum Gasteiger partial charge on any atom is 0.354 e. The van der Waals surface area contributed by atoms with Gasteiger partial charge in [0.05, 0.1) is 10.6 Å². The standard InChI is InChI=1S/C36H44N6O5S/c1-3-5-6-15-34(43)39-48(46,47)31-13-8-7-12-29(31)28-18-16-27(17-19-28)25-42-33(11-4-2)38-30(35(42)36(44)45)26-40-21-23-41(24-22-40)32-14-9-10-20-37-32/h7-10,12-14,16-20H,3-6,11,15,21-26H2,1-2H3,(H,39,43)(H,44,45). The van der Waals surface area contributed by atoms with E-state index >= 15 is 0 Å². The largest absolute Gasteiger partial charge is 0.477 e. The number of nitrogens with one attached hydrogen (secondary N) is 1. The molecule has 5 rings (SSSR count). The summed E-state index contributed by atoms with van der Waals surface area (Å²) < 4.78 is 30.4. The van der Waals surface area contributed by atoms with Crippen LogP contribution >= 0.6 is 0 Å². The maximum absolute atomic E-state index is 13.2. The molecule has 1 aliphatic heterocycles. The topological polar surface area (TPSA) is 138 Å². The number of benzene rings is 2. The third-order valence-corrected chi connectivity index (χ3v) is 9.98. The van der Waals surface area contributed by atoms with Crippen molar-refractivity contribution in [1.82, 2.24) is 24.2 Å². The quantitative estimate of drug-likeness (QED) is 0.160. The van der Waals surface area contributed by atoms with Gasteiger partial charge in [-0.15, -0.1) is 0 Å². The molecule has 1 fully saturated rings. The van der Waals surface area contributed by atoms with Crippen molar-refractivity contribution >= 4 is 27.7 Å². The number of aromatic carboxylic acids is 1. The molecular weight excluding hydrogens is 629 g/mol. The average molecular weight is 673 g/mol. The molecule has 48 heavy (non-hydrogen) atoms. The van der Waals surface area contributed by atoms with Crippen molar-refractivity contribution in [2.45, 2.75) is 70.4 Å². The molecule has 0 saturated carbocycles. The number of imidazole rings is 1. The van der Waals surface area contributed by atoms with Crippen molar-refractivity contribution in [1.29, 1.82) is 0 Å². The Hall–Kier alpha value is -4.55. The van der Waals surface area contributed by atoms with Gasteiger partial charge in [-0.05, 0) is 42.2 Å². The fourth-order valence-corrected chi connectivity index (χ4v) is 7.32. The van der Waals surface area contributed by atoms with Crippen molar-refractivity contribution in [2.24, 2.45) is 0 Å². The molecule has 1 amide bonds. The number of carbonyl (C=O) groups is 2. The predicted octanol–water partition coefficient (Wildman–Crippen LogP) is 5.35. The lowest BCUT2D eigenvalue weighted by molar-refractivity contribution is -0.119. The Balaban J connectivity index is 1.33. The highest BCUT2D eigenvalue weighted by atomic mass is 32.2. The van der Waals surface area contributed by atoms with Gasteiger partial charge in [0.1, 0.15) is 11.6 Å². The minimum Gasteiger partial charge on any atom is -0.477 e. The van der Waals surface area contributed by atoms with E-state index in [0.29, 0.717) is 42.8 Å². The number of carbonyl (C=O) groups excluding carboxylic acids is 1. The van der Waals surface area contributed by atoms with E-state index in [1.54, 1.807) is 29.0 Å². The van der Waals surface area contributed by atoms with E-state index in [1.165, 1.54) is 6.07 Å². The lowest BCUT2D eigenvalue weighted by Crippen LogP contribution is -2.46. The van der Waals surface area contributed by atoms with Crippen LogP contribution < -0.4 is 9.62 Å². The van der Waals surface area contributed by atoms with Crippen LogP contribution in [0.4, 0.5) is 5.82 Å². The lowest BCUT2D eigenvalue weighted by atomic mass is 10.0. The van der Waals surface area contributed by atoms with Crippen LogP contribution in [0.1, 0.15) is 73.5 Å². The molecular formula is C36H44N6O5S. The molecule has 0 bridgehead atoms. The Morgan fingerprint density at radius 3 is 2.27 bits per heavy atom. The van der Waals surface area contributed by atoms with E-state index in [1.807, 2.05) is 56.3 Å². The third kappa shape index (κ3) is 8.48. The monoisotopic (exact) mass is 672 g/mol. The molecule has 254 valence electrons. The second-order valence-corrected chi connectivity index (χ2v) is 13.7. The number of pyridine rings is 1. The van der Waals surface area contributed by atoms with E-state index in [4.69, 9.17) is 4.98 Å². The Kier molecular flexibility index (Phi) is 11.6. The first-order valence-electron chi connectivity index (χ1n) is 16.6. The number of hydrogen-bond acceptors (Lipinski definition) is 8. The molecule has 3 heterocycles. The molecule has 0 atom stereocenters. The number of nitrogens with zero attached hydrogens (tertiary/aromatic N) is 5. The van der Waals surface area contributed by atoms with Crippen LogP contribution in [0.2, 0.25) is 0 Å². The zero-order valence-corrected chi connectivity index (χ0v) is 28.5. The molecule has 2 N–H and O–H groups in total. The first-order valence-corrected chi connectivity index (χ1v) is 18.1. The van der Waals surface area contributed by atoms with Crippen molar-refractivity contribution in [3.05, 3.63) is 95.7 Å². The molecule has 11 nitrogen and oxygen atoms in total. The number of amides is 1. The first kappa shape index (κ1) is 34.8. The zero-order chi connectivity index (χ0) is 34.1. The Bertz CT molecular complexity index is 1800. The molecule has 0 radical (unpaired) electrons. The lowest BCUT2D eigenvalue weighted by Gasteiger charge is -2.35. The molecule has 4 aromatic rings. The molecule has 2 aromatic heterocycles. The van der Waals surface area contributed by atoms with Gasteiger partial charge in [-0.25, -0.2) is 27.9 Å². The maximum atomic E-state index is 13.2. The summed E-state index contributed by atoms with van der Waals surface area (Å²) in [7, 11) is -4.08. The molecule has 0 spiro atoms. The van der Waals surface area contributed by atoms with Gasteiger partial charge in [0.25, 0.3) is 10.0 Å². The van der Waals surface area contributed by atoms with Crippen LogP contribution in [-0.4, -0.2) is 71.0 Å². The molecule has 0 unspecified atom stereocenters. The van der Waals surface area contributed by atoms with E-state index in [-0.39, 0.29) is 17.0 Å². The number of hydrogen-bond donors (Lipinski definition) is 2.